The molecule has 0 unspecified atom stereocenters. The number of nitriles is 1. The van der Waals surface area contributed by atoms with E-state index < -0.39 is 5.97 Å². The first-order chi connectivity index (χ1) is 10.2. The maximum atomic E-state index is 11.7. The molecule has 0 bridgehead atoms. The average Bonchev–Trinajstić information content (AvgIpc) is 2.52. The first-order valence-electron chi connectivity index (χ1n) is 6.07. The minimum atomic E-state index is -0.649. The first-order valence-corrected chi connectivity index (χ1v) is 6.07. The largest absolute Gasteiger partial charge is 0.490 e. The van der Waals surface area contributed by atoms with Crippen LogP contribution in [0, 0.1) is 11.3 Å². The Balaban J connectivity index is 1.78. The highest BCUT2D eigenvalue weighted by Gasteiger charge is 2.13. The molecule has 0 saturated carbocycles. The van der Waals surface area contributed by atoms with Gasteiger partial charge in [-0.2, -0.15) is 5.26 Å². The molecule has 7 heteroatoms. The Hall–Kier alpha value is -3.14. The number of nitrogens with two attached hydrogens (primary N) is 1. The Morgan fingerprint density at radius 1 is 1.19 bits per heavy atom. The summed E-state index contributed by atoms with van der Waals surface area (Å²) in [4.78, 5) is 19.2. The van der Waals surface area contributed by atoms with Crippen molar-refractivity contribution in [3.05, 3.63) is 47.9 Å². The first kappa shape index (κ1) is 14.3. The van der Waals surface area contributed by atoms with E-state index in [4.69, 9.17) is 20.5 Å². The summed E-state index contributed by atoms with van der Waals surface area (Å²) in [7, 11) is 0. The van der Waals surface area contributed by atoms with E-state index in [9.17, 15) is 4.79 Å². The summed E-state index contributed by atoms with van der Waals surface area (Å²) < 4.78 is 10.3. The average molecular weight is 284 g/mol. The molecular weight excluding hydrogens is 272 g/mol. The van der Waals surface area contributed by atoms with E-state index in [1.165, 1.54) is 12.4 Å². The second kappa shape index (κ2) is 6.86. The van der Waals surface area contributed by atoms with Crippen LogP contribution >= 0.6 is 0 Å². The van der Waals surface area contributed by atoms with Crippen molar-refractivity contribution in [1.82, 2.24) is 9.97 Å². The molecule has 0 saturated heterocycles. The zero-order chi connectivity index (χ0) is 15.1. The fourth-order valence-corrected chi connectivity index (χ4v) is 1.49. The molecule has 0 fully saturated rings. The summed E-state index contributed by atoms with van der Waals surface area (Å²) >= 11 is 0. The summed E-state index contributed by atoms with van der Waals surface area (Å²) in [5.74, 6) is -0.0383. The maximum Gasteiger partial charge on any atom is 0.360 e. The van der Waals surface area contributed by atoms with Crippen LogP contribution < -0.4 is 10.5 Å². The summed E-state index contributed by atoms with van der Waals surface area (Å²) in [5, 5.41) is 8.66. The van der Waals surface area contributed by atoms with Gasteiger partial charge in [0, 0.05) is 12.4 Å². The predicted octanol–water partition coefficient (Wildman–Crippen LogP) is 1.17. The van der Waals surface area contributed by atoms with Gasteiger partial charge in [0.1, 0.15) is 19.0 Å². The van der Waals surface area contributed by atoms with Gasteiger partial charge in [-0.25, -0.2) is 14.8 Å². The summed E-state index contributed by atoms with van der Waals surface area (Å²) in [6.45, 7) is 0.229. The van der Waals surface area contributed by atoms with E-state index in [2.05, 4.69) is 9.97 Å². The van der Waals surface area contributed by atoms with Crippen LogP contribution in [0.15, 0.2) is 36.7 Å². The molecule has 0 aliphatic carbocycles. The smallest absolute Gasteiger partial charge is 0.360 e. The SMILES string of the molecule is N#Cc1ccc(OCCOC(=O)c2nccnc2N)cc1. The molecule has 1 heterocycles. The van der Waals surface area contributed by atoms with Gasteiger partial charge in [-0.15, -0.1) is 0 Å². The topological polar surface area (TPSA) is 111 Å². The van der Waals surface area contributed by atoms with E-state index in [0.717, 1.165) is 0 Å². The minimum Gasteiger partial charge on any atom is -0.490 e. The Kier molecular flexibility index (Phi) is 4.66. The van der Waals surface area contributed by atoms with Crippen LogP contribution in [0.5, 0.6) is 5.75 Å². The second-order valence-electron chi connectivity index (χ2n) is 3.91. The van der Waals surface area contributed by atoms with E-state index in [1.54, 1.807) is 24.3 Å². The van der Waals surface area contributed by atoms with Crippen molar-refractivity contribution in [2.45, 2.75) is 0 Å². The minimum absolute atomic E-state index is 0.0177. The van der Waals surface area contributed by atoms with Crippen molar-refractivity contribution in [3.63, 3.8) is 0 Å². The highest BCUT2D eigenvalue weighted by Crippen LogP contribution is 2.11. The number of nitrogens with zero attached hydrogens (tertiary/aromatic N) is 3. The Morgan fingerprint density at radius 3 is 2.57 bits per heavy atom. The van der Waals surface area contributed by atoms with Crippen LogP contribution in [0.1, 0.15) is 16.1 Å². The lowest BCUT2D eigenvalue weighted by molar-refractivity contribution is 0.0444. The van der Waals surface area contributed by atoms with Gasteiger partial charge in [0.15, 0.2) is 11.5 Å². The van der Waals surface area contributed by atoms with Gasteiger partial charge in [0.2, 0.25) is 0 Å². The molecule has 21 heavy (non-hydrogen) atoms. The molecule has 0 aliphatic rings. The monoisotopic (exact) mass is 284 g/mol. The number of hydrogen-bond donors (Lipinski definition) is 1. The highest BCUT2D eigenvalue weighted by atomic mass is 16.6. The van der Waals surface area contributed by atoms with Gasteiger partial charge in [-0.05, 0) is 24.3 Å². The number of esters is 1. The van der Waals surface area contributed by atoms with Crippen LogP contribution in [0.2, 0.25) is 0 Å². The van der Waals surface area contributed by atoms with E-state index in [-0.39, 0.29) is 24.7 Å². The molecule has 0 radical (unpaired) electrons. The fourth-order valence-electron chi connectivity index (χ4n) is 1.49. The summed E-state index contributed by atoms with van der Waals surface area (Å²) in [6.07, 6.45) is 2.75. The van der Waals surface area contributed by atoms with Crippen LogP contribution in [0.3, 0.4) is 0 Å². The molecule has 1 aromatic carbocycles. The molecule has 0 aliphatic heterocycles. The fraction of sp³-hybridized carbons (Fsp3) is 0.143. The third-order valence-corrected chi connectivity index (χ3v) is 2.49. The number of benzene rings is 1. The van der Waals surface area contributed by atoms with Crippen LogP contribution in [0.4, 0.5) is 5.82 Å². The third-order valence-electron chi connectivity index (χ3n) is 2.49. The van der Waals surface area contributed by atoms with Crippen molar-refractivity contribution in [1.29, 1.82) is 5.26 Å². The van der Waals surface area contributed by atoms with Crippen molar-refractivity contribution in [2.75, 3.05) is 18.9 Å². The number of rotatable bonds is 5. The van der Waals surface area contributed by atoms with Crippen molar-refractivity contribution in [2.24, 2.45) is 0 Å². The normalized spacial score (nSPS) is 9.67. The molecule has 0 spiro atoms. The zero-order valence-electron chi connectivity index (χ0n) is 11.0. The molecule has 1 aromatic heterocycles. The van der Waals surface area contributed by atoms with Crippen LogP contribution in [-0.2, 0) is 4.74 Å². The highest BCUT2D eigenvalue weighted by molar-refractivity contribution is 5.91. The Labute approximate surface area is 121 Å². The Morgan fingerprint density at radius 2 is 1.90 bits per heavy atom. The number of ether oxygens (including phenoxy) is 2. The second-order valence-corrected chi connectivity index (χ2v) is 3.91. The molecular formula is C14H12N4O3. The number of nitrogen functional groups attached to an aromatic ring is 1. The number of hydrogen-bond acceptors (Lipinski definition) is 7. The molecule has 0 amide bonds. The number of carbonyl (C=O) groups is 1. The maximum absolute atomic E-state index is 11.7. The van der Waals surface area contributed by atoms with Crippen molar-refractivity contribution in [3.8, 4) is 11.8 Å². The van der Waals surface area contributed by atoms with E-state index in [1.807, 2.05) is 6.07 Å². The predicted molar refractivity (Wildman–Crippen MR) is 73.4 cm³/mol. The van der Waals surface area contributed by atoms with Gasteiger partial charge < -0.3 is 15.2 Å². The summed E-state index contributed by atoms with van der Waals surface area (Å²) in [5.41, 5.74) is 6.04. The lowest BCUT2D eigenvalue weighted by atomic mass is 10.2. The lowest BCUT2D eigenvalue weighted by Gasteiger charge is -2.07. The van der Waals surface area contributed by atoms with E-state index in [0.29, 0.717) is 11.3 Å². The third kappa shape index (κ3) is 3.91. The van der Waals surface area contributed by atoms with Gasteiger partial charge in [0.05, 0.1) is 11.6 Å². The number of carbonyl (C=O) groups excluding carboxylic acids is 1. The number of anilines is 1. The molecule has 106 valence electrons. The molecule has 2 N–H and O–H groups in total. The lowest BCUT2D eigenvalue weighted by Crippen LogP contribution is -2.15. The molecule has 7 nitrogen and oxygen atoms in total. The van der Waals surface area contributed by atoms with Gasteiger partial charge in [0.25, 0.3) is 0 Å². The van der Waals surface area contributed by atoms with Gasteiger partial charge >= 0.3 is 5.97 Å². The van der Waals surface area contributed by atoms with Crippen LogP contribution in [-0.4, -0.2) is 29.2 Å². The standard InChI is InChI=1S/C14H12N4O3/c15-9-10-1-3-11(4-2-10)20-7-8-21-14(19)12-13(16)18-6-5-17-12/h1-6H,7-8H2,(H2,16,18). The number of aromatic nitrogens is 2. The van der Waals surface area contributed by atoms with E-state index >= 15 is 0 Å². The van der Waals surface area contributed by atoms with Gasteiger partial charge in [-0.1, -0.05) is 0 Å². The Bertz CT molecular complexity index is 665. The van der Waals surface area contributed by atoms with Crippen molar-refractivity contribution < 1.29 is 14.3 Å². The van der Waals surface area contributed by atoms with Gasteiger partial charge in [-0.3, -0.25) is 0 Å². The quantitative estimate of drug-likeness (QED) is 0.647. The molecule has 0 atom stereocenters. The summed E-state index contributed by atoms with van der Waals surface area (Å²) in [6, 6.07) is 8.63. The zero-order valence-corrected chi connectivity index (χ0v) is 11.0. The molecule has 2 rings (SSSR count). The van der Waals surface area contributed by atoms with Crippen LogP contribution in [0.25, 0.3) is 0 Å². The molecule has 2 aromatic rings. The van der Waals surface area contributed by atoms with Crippen molar-refractivity contribution >= 4 is 11.8 Å².